The Hall–Kier alpha value is -2.03. The molecule has 78 valence electrons. The van der Waals surface area contributed by atoms with E-state index in [0.29, 0.717) is 0 Å². The molecule has 15 heavy (non-hydrogen) atoms. The maximum atomic E-state index is 11.5. The van der Waals surface area contributed by atoms with E-state index in [0.717, 1.165) is 6.07 Å². The first-order chi connectivity index (χ1) is 7.15. The number of allylic oxidation sites excluding steroid dienone is 4. The van der Waals surface area contributed by atoms with Crippen molar-refractivity contribution in [2.75, 3.05) is 0 Å². The average Bonchev–Trinajstić information content (AvgIpc) is 2.17. The average molecular weight is 204 g/mol. The fourth-order valence-corrected chi connectivity index (χ4v) is 1.07. The molecule has 0 fully saturated rings. The zero-order chi connectivity index (χ0) is 11.3. The molecule has 0 aliphatic rings. The zero-order valence-corrected chi connectivity index (χ0v) is 8.34. The summed E-state index contributed by atoms with van der Waals surface area (Å²) in [6.07, 6.45) is 6.45. The first-order valence-electron chi connectivity index (χ1n) is 4.51. The van der Waals surface area contributed by atoms with E-state index in [2.05, 4.69) is 0 Å². The summed E-state index contributed by atoms with van der Waals surface area (Å²) >= 11 is 0. The van der Waals surface area contributed by atoms with Gasteiger partial charge in [0.1, 0.15) is 11.5 Å². The van der Waals surface area contributed by atoms with Crippen molar-refractivity contribution in [3.05, 3.63) is 48.1 Å². The first-order valence-corrected chi connectivity index (χ1v) is 4.51. The van der Waals surface area contributed by atoms with Crippen molar-refractivity contribution in [2.24, 2.45) is 0 Å². The summed E-state index contributed by atoms with van der Waals surface area (Å²) in [5.74, 6) is -0.586. The predicted octanol–water partition coefficient (Wildman–Crippen LogP) is 2.41. The van der Waals surface area contributed by atoms with E-state index < -0.39 is 0 Å². The van der Waals surface area contributed by atoms with Gasteiger partial charge in [-0.2, -0.15) is 0 Å². The molecule has 1 aromatic carbocycles. The summed E-state index contributed by atoms with van der Waals surface area (Å²) in [7, 11) is 0. The van der Waals surface area contributed by atoms with Crippen LogP contribution in [0.3, 0.4) is 0 Å². The van der Waals surface area contributed by atoms with E-state index >= 15 is 0 Å². The minimum atomic E-state index is -0.300. The van der Waals surface area contributed by atoms with Gasteiger partial charge in [0.2, 0.25) is 0 Å². The van der Waals surface area contributed by atoms with Crippen LogP contribution in [0.15, 0.2) is 42.5 Å². The van der Waals surface area contributed by atoms with Crippen molar-refractivity contribution in [3.8, 4) is 11.5 Å². The maximum absolute atomic E-state index is 11.5. The lowest BCUT2D eigenvalue weighted by Gasteiger charge is -2.00. The molecule has 0 saturated heterocycles. The molecule has 0 bridgehead atoms. The number of aromatic hydroxyl groups is 2. The van der Waals surface area contributed by atoms with Crippen LogP contribution in [-0.2, 0) is 0 Å². The lowest BCUT2D eigenvalue weighted by atomic mass is 10.1. The lowest BCUT2D eigenvalue weighted by Crippen LogP contribution is -1.94. The predicted molar refractivity (Wildman–Crippen MR) is 58.1 cm³/mol. The number of ketones is 1. The summed E-state index contributed by atoms with van der Waals surface area (Å²) < 4.78 is 0. The molecule has 0 spiro atoms. The van der Waals surface area contributed by atoms with Crippen LogP contribution in [0, 0.1) is 0 Å². The maximum Gasteiger partial charge on any atom is 0.189 e. The summed E-state index contributed by atoms with van der Waals surface area (Å²) in [6.45, 7) is 1.84. The van der Waals surface area contributed by atoms with Crippen LogP contribution >= 0.6 is 0 Å². The standard InChI is InChI=1S/C12H12O3/c1-2-3-4-5-11(14)10-7-6-9(13)8-12(10)15/h2-8,13,15H,1H3/b3-2+,5-4+. The van der Waals surface area contributed by atoms with Crippen molar-refractivity contribution in [1.82, 2.24) is 0 Å². The van der Waals surface area contributed by atoms with Gasteiger partial charge in [-0.1, -0.05) is 18.2 Å². The molecule has 0 atom stereocenters. The number of benzene rings is 1. The minimum Gasteiger partial charge on any atom is -0.508 e. The Kier molecular flexibility index (Phi) is 3.68. The van der Waals surface area contributed by atoms with E-state index in [1.807, 2.05) is 6.92 Å². The van der Waals surface area contributed by atoms with Gasteiger partial charge in [0.25, 0.3) is 0 Å². The smallest absolute Gasteiger partial charge is 0.189 e. The lowest BCUT2D eigenvalue weighted by molar-refractivity contribution is 0.104. The third-order valence-corrected chi connectivity index (χ3v) is 1.80. The van der Waals surface area contributed by atoms with Gasteiger partial charge in [-0.15, -0.1) is 0 Å². The van der Waals surface area contributed by atoms with Crippen LogP contribution in [0.25, 0.3) is 0 Å². The second-order valence-electron chi connectivity index (χ2n) is 2.95. The van der Waals surface area contributed by atoms with Crippen LogP contribution < -0.4 is 0 Å². The molecule has 0 saturated carbocycles. The van der Waals surface area contributed by atoms with Crippen molar-refractivity contribution in [3.63, 3.8) is 0 Å². The Balaban J connectivity index is 2.92. The first kappa shape index (κ1) is 11.0. The molecule has 0 heterocycles. The van der Waals surface area contributed by atoms with Gasteiger partial charge in [-0.25, -0.2) is 0 Å². The monoisotopic (exact) mass is 204 g/mol. The van der Waals surface area contributed by atoms with Crippen LogP contribution in [0.4, 0.5) is 0 Å². The molecule has 0 aliphatic heterocycles. The van der Waals surface area contributed by atoms with E-state index in [1.54, 1.807) is 18.2 Å². The summed E-state index contributed by atoms with van der Waals surface area (Å²) in [6, 6.07) is 3.88. The number of phenolic OH excluding ortho intramolecular Hbond substituents is 2. The number of phenols is 2. The molecule has 0 aliphatic carbocycles. The molecule has 3 nitrogen and oxygen atoms in total. The highest BCUT2D eigenvalue weighted by Crippen LogP contribution is 2.22. The fraction of sp³-hybridized carbons (Fsp3) is 0.0833. The topological polar surface area (TPSA) is 57.5 Å². The molecule has 0 aromatic heterocycles. The molecule has 0 unspecified atom stereocenters. The SMILES string of the molecule is C/C=C/C=C/C(=O)c1ccc(O)cc1O. The van der Waals surface area contributed by atoms with Crippen LogP contribution in [0.5, 0.6) is 11.5 Å². The van der Waals surface area contributed by atoms with E-state index in [1.165, 1.54) is 18.2 Å². The third-order valence-electron chi connectivity index (χ3n) is 1.80. The second-order valence-corrected chi connectivity index (χ2v) is 2.95. The third kappa shape index (κ3) is 2.98. The molecular formula is C12H12O3. The minimum absolute atomic E-state index is 0.0681. The van der Waals surface area contributed by atoms with E-state index in [-0.39, 0.29) is 22.8 Å². The van der Waals surface area contributed by atoms with E-state index in [4.69, 9.17) is 5.11 Å². The number of carbonyl (C=O) groups is 1. The Morgan fingerprint density at radius 2 is 2.00 bits per heavy atom. The Morgan fingerprint density at radius 1 is 1.27 bits per heavy atom. The molecule has 0 amide bonds. The van der Waals surface area contributed by atoms with Crippen LogP contribution in [0.1, 0.15) is 17.3 Å². The quantitative estimate of drug-likeness (QED) is 0.451. The zero-order valence-electron chi connectivity index (χ0n) is 8.34. The van der Waals surface area contributed by atoms with Gasteiger partial charge in [0.05, 0.1) is 5.56 Å². The van der Waals surface area contributed by atoms with Gasteiger partial charge in [-0.3, -0.25) is 4.79 Å². The molecule has 1 rings (SSSR count). The number of hydrogen-bond donors (Lipinski definition) is 2. The van der Waals surface area contributed by atoms with Gasteiger partial charge in [0.15, 0.2) is 5.78 Å². The fourth-order valence-electron chi connectivity index (χ4n) is 1.07. The summed E-state index contributed by atoms with van der Waals surface area (Å²) in [5.41, 5.74) is 0.175. The Morgan fingerprint density at radius 3 is 2.60 bits per heavy atom. The Labute approximate surface area is 88.0 Å². The van der Waals surface area contributed by atoms with Crippen molar-refractivity contribution in [1.29, 1.82) is 0 Å². The van der Waals surface area contributed by atoms with Gasteiger partial charge in [0, 0.05) is 6.07 Å². The van der Waals surface area contributed by atoms with Crippen LogP contribution in [-0.4, -0.2) is 16.0 Å². The number of carbonyl (C=O) groups excluding carboxylic acids is 1. The summed E-state index contributed by atoms with van der Waals surface area (Å²) in [5, 5.41) is 18.4. The van der Waals surface area contributed by atoms with E-state index in [9.17, 15) is 9.90 Å². The molecule has 3 heteroatoms. The second kappa shape index (κ2) is 5.00. The van der Waals surface area contributed by atoms with Crippen LogP contribution in [0.2, 0.25) is 0 Å². The highest BCUT2D eigenvalue weighted by Gasteiger charge is 2.07. The highest BCUT2D eigenvalue weighted by molar-refractivity contribution is 6.06. The largest absolute Gasteiger partial charge is 0.508 e. The number of rotatable bonds is 3. The highest BCUT2D eigenvalue weighted by atomic mass is 16.3. The van der Waals surface area contributed by atoms with Gasteiger partial charge in [-0.05, 0) is 25.1 Å². The van der Waals surface area contributed by atoms with Gasteiger partial charge < -0.3 is 10.2 Å². The summed E-state index contributed by atoms with van der Waals surface area (Å²) in [4.78, 5) is 11.5. The van der Waals surface area contributed by atoms with Gasteiger partial charge >= 0.3 is 0 Å². The molecular weight excluding hydrogens is 192 g/mol. The molecule has 0 radical (unpaired) electrons. The van der Waals surface area contributed by atoms with Crippen molar-refractivity contribution < 1.29 is 15.0 Å². The molecule has 2 N–H and O–H groups in total. The van der Waals surface area contributed by atoms with Crippen molar-refractivity contribution in [2.45, 2.75) is 6.92 Å². The Bertz CT molecular complexity index is 417. The normalized spacial score (nSPS) is 11.3. The van der Waals surface area contributed by atoms with Crippen molar-refractivity contribution >= 4 is 5.78 Å². The molecule has 1 aromatic rings. The number of hydrogen-bond acceptors (Lipinski definition) is 3.